The van der Waals surface area contributed by atoms with E-state index in [4.69, 9.17) is 18.6 Å². The van der Waals surface area contributed by atoms with E-state index in [1.807, 2.05) is 60.7 Å². The second-order valence-electron chi connectivity index (χ2n) is 7.69. The zero-order chi connectivity index (χ0) is 23.9. The van der Waals surface area contributed by atoms with E-state index in [1.54, 1.807) is 24.3 Å². The van der Waals surface area contributed by atoms with E-state index >= 15 is 0 Å². The molecule has 34 heavy (non-hydrogen) atoms. The number of ketones is 1. The van der Waals surface area contributed by atoms with Gasteiger partial charge in [-0.15, -0.1) is 0 Å². The number of carbonyl (C=O) groups excluding carboxylic acids is 1. The van der Waals surface area contributed by atoms with Crippen LogP contribution in [0, 0.1) is 0 Å². The van der Waals surface area contributed by atoms with Crippen LogP contribution in [0.5, 0.6) is 11.5 Å². The fourth-order valence-corrected chi connectivity index (χ4v) is 3.81. The molecule has 1 N–H and O–H groups in total. The van der Waals surface area contributed by atoms with Crippen molar-refractivity contribution in [2.45, 2.75) is 18.3 Å². The second kappa shape index (κ2) is 10.8. The molecular weight excluding hydrogens is 432 g/mol. The number of hydrogen-bond acceptors (Lipinski definition) is 6. The number of Topliss-reactive ketones (excluding diaryl/α,β-unsaturated/α-hetero) is 1. The number of hydrogen-bond donors (Lipinski definition) is 1. The Balaban J connectivity index is 1.79. The Hall–Kier alpha value is -3.87. The maximum absolute atomic E-state index is 13.9. The minimum Gasteiger partial charge on any atom is -0.497 e. The van der Waals surface area contributed by atoms with Crippen LogP contribution in [-0.4, -0.2) is 31.2 Å². The smallest absolute Gasteiger partial charge is 0.198 e. The van der Waals surface area contributed by atoms with Gasteiger partial charge in [0.05, 0.1) is 32.3 Å². The molecule has 0 saturated carbocycles. The van der Waals surface area contributed by atoms with E-state index in [2.05, 4.69) is 0 Å². The summed E-state index contributed by atoms with van der Waals surface area (Å²) in [6.45, 7) is 0. The SMILES string of the molecule is COc1ccc(OC)c(C(=O)[C@@H](OC(c2ccccc2)c2ccccc2)[C@H](O)c2ccoc2)c1. The molecule has 174 valence electrons. The van der Waals surface area contributed by atoms with E-state index < -0.39 is 24.1 Å². The lowest BCUT2D eigenvalue weighted by atomic mass is 9.95. The third-order valence-corrected chi connectivity index (χ3v) is 5.59. The largest absolute Gasteiger partial charge is 0.497 e. The van der Waals surface area contributed by atoms with Crippen molar-refractivity contribution in [3.8, 4) is 11.5 Å². The van der Waals surface area contributed by atoms with Gasteiger partial charge in [0.25, 0.3) is 0 Å². The molecule has 0 saturated heterocycles. The fraction of sp³-hybridized carbons (Fsp3) is 0.179. The van der Waals surface area contributed by atoms with Crippen LogP contribution in [0.4, 0.5) is 0 Å². The molecule has 0 amide bonds. The van der Waals surface area contributed by atoms with Crippen LogP contribution in [0.1, 0.15) is 39.3 Å². The van der Waals surface area contributed by atoms with Crippen LogP contribution in [0.15, 0.2) is 102 Å². The van der Waals surface area contributed by atoms with Crippen molar-refractivity contribution < 1.29 is 28.5 Å². The molecule has 6 nitrogen and oxygen atoms in total. The average Bonchev–Trinajstić information content (AvgIpc) is 3.44. The van der Waals surface area contributed by atoms with Gasteiger partial charge < -0.3 is 23.7 Å². The van der Waals surface area contributed by atoms with E-state index in [0.717, 1.165) is 11.1 Å². The standard InChI is InChI=1S/C28H26O6/c1-31-22-13-14-24(32-2)23(17-22)26(30)28(25(29)21-15-16-33-18-21)34-27(19-9-5-3-6-10-19)20-11-7-4-8-12-20/h3-18,25,27-29H,1-2H3/t25-,28+/m1/s1. The molecular formula is C28H26O6. The molecule has 0 aliphatic heterocycles. The van der Waals surface area contributed by atoms with Gasteiger partial charge in [-0.05, 0) is 35.4 Å². The summed E-state index contributed by atoms with van der Waals surface area (Å²) in [5.74, 6) is 0.402. The molecule has 0 bridgehead atoms. The number of ether oxygens (including phenoxy) is 3. The fourth-order valence-electron chi connectivity index (χ4n) is 3.81. The van der Waals surface area contributed by atoms with E-state index in [9.17, 15) is 9.90 Å². The van der Waals surface area contributed by atoms with Crippen molar-refractivity contribution in [1.82, 2.24) is 0 Å². The first-order chi connectivity index (χ1) is 16.6. The third kappa shape index (κ3) is 5.03. The number of aliphatic hydroxyl groups excluding tert-OH is 1. The summed E-state index contributed by atoms with van der Waals surface area (Å²) < 4.78 is 22.4. The summed E-state index contributed by atoms with van der Waals surface area (Å²) in [4.78, 5) is 13.9. The molecule has 1 heterocycles. The summed E-state index contributed by atoms with van der Waals surface area (Å²) in [7, 11) is 3.00. The number of furan rings is 1. The Morgan fingerprint density at radius 2 is 1.47 bits per heavy atom. The van der Waals surface area contributed by atoms with Gasteiger partial charge in [-0.1, -0.05) is 60.7 Å². The molecule has 0 aliphatic rings. The zero-order valence-corrected chi connectivity index (χ0v) is 19.0. The highest BCUT2D eigenvalue weighted by Gasteiger charge is 2.35. The van der Waals surface area contributed by atoms with Crippen molar-refractivity contribution in [3.05, 3.63) is 120 Å². The van der Waals surface area contributed by atoms with E-state index in [0.29, 0.717) is 17.1 Å². The highest BCUT2D eigenvalue weighted by molar-refractivity contribution is 6.02. The van der Waals surface area contributed by atoms with Gasteiger partial charge in [0.15, 0.2) is 11.9 Å². The highest BCUT2D eigenvalue weighted by atomic mass is 16.5. The highest BCUT2D eigenvalue weighted by Crippen LogP contribution is 2.35. The van der Waals surface area contributed by atoms with E-state index in [1.165, 1.54) is 26.7 Å². The molecule has 2 atom stereocenters. The van der Waals surface area contributed by atoms with Gasteiger partial charge in [-0.3, -0.25) is 4.79 Å². The Morgan fingerprint density at radius 1 is 0.824 bits per heavy atom. The van der Waals surface area contributed by atoms with Gasteiger partial charge in [-0.2, -0.15) is 0 Å². The van der Waals surface area contributed by atoms with Crippen LogP contribution in [0.25, 0.3) is 0 Å². The summed E-state index contributed by atoms with van der Waals surface area (Å²) in [6, 6.07) is 25.7. The molecule has 0 aliphatic carbocycles. The number of benzene rings is 3. The third-order valence-electron chi connectivity index (χ3n) is 5.59. The lowest BCUT2D eigenvalue weighted by Crippen LogP contribution is -2.33. The van der Waals surface area contributed by atoms with Gasteiger partial charge in [0.2, 0.25) is 0 Å². The Bertz CT molecular complexity index is 1150. The van der Waals surface area contributed by atoms with Crippen LogP contribution < -0.4 is 9.47 Å². The van der Waals surface area contributed by atoms with E-state index in [-0.39, 0.29) is 5.56 Å². The monoisotopic (exact) mass is 458 g/mol. The minimum absolute atomic E-state index is 0.245. The summed E-state index contributed by atoms with van der Waals surface area (Å²) in [5.41, 5.74) is 2.38. The first-order valence-corrected chi connectivity index (χ1v) is 10.8. The molecule has 0 spiro atoms. The summed E-state index contributed by atoms with van der Waals surface area (Å²) >= 11 is 0. The Morgan fingerprint density at radius 3 is 2.00 bits per heavy atom. The topological polar surface area (TPSA) is 78.1 Å². The lowest BCUT2D eigenvalue weighted by molar-refractivity contribution is -0.0491. The summed E-state index contributed by atoms with van der Waals surface area (Å²) in [5, 5.41) is 11.3. The quantitative estimate of drug-likeness (QED) is 0.321. The maximum Gasteiger partial charge on any atom is 0.198 e. The van der Waals surface area contributed by atoms with Crippen LogP contribution in [-0.2, 0) is 4.74 Å². The van der Waals surface area contributed by atoms with Crippen molar-refractivity contribution in [1.29, 1.82) is 0 Å². The van der Waals surface area contributed by atoms with Gasteiger partial charge in [0.1, 0.15) is 23.7 Å². The molecule has 1 aromatic heterocycles. The second-order valence-corrected chi connectivity index (χ2v) is 7.69. The number of aliphatic hydroxyl groups is 1. The van der Waals surface area contributed by atoms with Crippen molar-refractivity contribution in [3.63, 3.8) is 0 Å². The molecule has 3 aromatic carbocycles. The van der Waals surface area contributed by atoms with Crippen molar-refractivity contribution >= 4 is 5.78 Å². The van der Waals surface area contributed by atoms with Gasteiger partial charge in [0, 0.05) is 5.56 Å². The maximum atomic E-state index is 13.9. The molecule has 0 fully saturated rings. The first kappa shape index (κ1) is 23.3. The molecule has 6 heteroatoms. The minimum atomic E-state index is -1.28. The average molecular weight is 459 g/mol. The predicted octanol–water partition coefficient (Wildman–Crippen LogP) is 5.39. The molecule has 0 unspecified atom stereocenters. The zero-order valence-electron chi connectivity index (χ0n) is 19.0. The molecule has 4 aromatic rings. The number of methoxy groups -OCH3 is 2. The Labute approximate surface area is 198 Å². The first-order valence-electron chi connectivity index (χ1n) is 10.8. The van der Waals surface area contributed by atoms with Crippen molar-refractivity contribution in [2.24, 2.45) is 0 Å². The lowest BCUT2D eigenvalue weighted by Gasteiger charge is -2.28. The van der Waals surface area contributed by atoms with Gasteiger partial charge in [-0.25, -0.2) is 0 Å². The predicted molar refractivity (Wildman–Crippen MR) is 127 cm³/mol. The normalized spacial score (nSPS) is 12.8. The summed E-state index contributed by atoms with van der Waals surface area (Å²) in [6.07, 6.45) is -0.300. The Kier molecular flexibility index (Phi) is 7.42. The molecule has 4 rings (SSSR count). The van der Waals surface area contributed by atoms with Crippen molar-refractivity contribution in [2.75, 3.05) is 14.2 Å². The van der Waals surface area contributed by atoms with Gasteiger partial charge >= 0.3 is 0 Å². The number of carbonyl (C=O) groups is 1. The molecule has 0 radical (unpaired) electrons. The van der Waals surface area contributed by atoms with Crippen LogP contribution in [0.2, 0.25) is 0 Å². The van der Waals surface area contributed by atoms with Crippen LogP contribution in [0.3, 0.4) is 0 Å². The number of rotatable bonds is 10. The van der Waals surface area contributed by atoms with Crippen LogP contribution >= 0.6 is 0 Å².